The van der Waals surface area contributed by atoms with Gasteiger partial charge in [0.05, 0.1) is 0 Å². The van der Waals surface area contributed by atoms with Crippen LogP contribution in [-0.2, 0) is 13.2 Å². The lowest BCUT2D eigenvalue weighted by Gasteiger charge is -2.26. The average Bonchev–Trinajstić information content (AvgIpc) is 3.10. The average molecular weight is 330 g/mol. The van der Waals surface area contributed by atoms with E-state index in [1.54, 1.807) is 0 Å². The van der Waals surface area contributed by atoms with Crippen LogP contribution in [0.5, 0.6) is 5.75 Å². The zero-order valence-electron chi connectivity index (χ0n) is 14.2. The first kappa shape index (κ1) is 16.9. The van der Waals surface area contributed by atoms with Gasteiger partial charge in [-0.15, -0.1) is 0 Å². The number of hydrogen-bond donors (Lipinski definition) is 2. The Labute approximate surface area is 142 Å². The summed E-state index contributed by atoms with van der Waals surface area (Å²) in [5, 5.41) is 16.0. The lowest BCUT2D eigenvalue weighted by molar-refractivity contribution is 0.190. The number of hydrogen-bond acceptors (Lipinski definition) is 5. The van der Waals surface area contributed by atoms with E-state index >= 15 is 0 Å². The predicted molar refractivity (Wildman–Crippen MR) is 91.5 cm³/mol. The van der Waals surface area contributed by atoms with E-state index in [1.807, 2.05) is 19.1 Å². The van der Waals surface area contributed by atoms with E-state index in [2.05, 4.69) is 32.2 Å². The number of rotatable bonds is 7. The Hall–Kier alpha value is -1.92. The highest BCUT2D eigenvalue weighted by atomic mass is 16.5. The van der Waals surface area contributed by atoms with Gasteiger partial charge < -0.3 is 9.84 Å². The standard InChI is InChI=1S/C18H26N4O2/c1-2-16(18-19-17(13-23)20-21-18)24-15-8-6-7-14(11-15)12-22-9-4-3-5-10-22/h6-8,11,16,23H,2-5,9-10,12-13H2,1H3,(H,19,20,21). The highest BCUT2D eigenvalue weighted by Gasteiger charge is 2.17. The van der Waals surface area contributed by atoms with E-state index in [0.29, 0.717) is 11.6 Å². The number of H-pyrrole nitrogens is 1. The molecule has 2 N–H and O–H groups in total. The largest absolute Gasteiger partial charge is 0.482 e. The molecule has 3 rings (SSSR count). The third-order valence-corrected chi connectivity index (χ3v) is 4.39. The van der Waals surface area contributed by atoms with Crippen molar-refractivity contribution >= 4 is 0 Å². The predicted octanol–water partition coefficient (Wildman–Crippen LogP) is 2.81. The molecule has 1 unspecified atom stereocenters. The molecule has 1 aromatic carbocycles. The van der Waals surface area contributed by atoms with Crippen molar-refractivity contribution in [1.29, 1.82) is 0 Å². The number of benzene rings is 1. The maximum Gasteiger partial charge on any atom is 0.191 e. The molecule has 2 aromatic rings. The molecule has 1 aromatic heterocycles. The van der Waals surface area contributed by atoms with Crippen LogP contribution < -0.4 is 4.74 Å². The fraction of sp³-hybridized carbons (Fsp3) is 0.556. The maximum atomic E-state index is 9.11. The minimum atomic E-state index is -0.216. The fourth-order valence-corrected chi connectivity index (χ4v) is 3.10. The van der Waals surface area contributed by atoms with Crippen LogP contribution in [0.4, 0.5) is 0 Å². The minimum Gasteiger partial charge on any atom is -0.482 e. The van der Waals surface area contributed by atoms with Gasteiger partial charge in [-0.2, -0.15) is 5.10 Å². The number of aromatic nitrogens is 3. The second-order valence-corrected chi connectivity index (χ2v) is 6.30. The van der Waals surface area contributed by atoms with E-state index in [-0.39, 0.29) is 12.7 Å². The van der Waals surface area contributed by atoms with E-state index in [9.17, 15) is 0 Å². The Morgan fingerprint density at radius 3 is 2.83 bits per heavy atom. The third kappa shape index (κ3) is 4.33. The molecule has 2 heterocycles. The molecule has 130 valence electrons. The summed E-state index contributed by atoms with van der Waals surface area (Å²) >= 11 is 0. The van der Waals surface area contributed by atoms with Gasteiger partial charge in [0, 0.05) is 6.54 Å². The Morgan fingerprint density at radius 1 is 1.29 bits per heavy atom. The zero-order chi connectivity index (χ0) is 16.8. The second kappa shape index (κ2) is 8.26. The van der Waals surface area contributed by atoms with Crippen LogP contribution in [0.2, 0.25) is 0 Å². The molecule has 0 amide bonds. The first-order chi connectivity index (χ1) is 11.8. The number of nitrogens with zero attached hydrogens (tertiary/aromatic N) is 3. The van der Waals surface area contributed by atoms with Gasteiger partial charge in [-0.05, 0) is 50.0 Å². The van der Waals surface area contributed by atoms with Crippen molar-refractivity contribution in [3.05, 3.63) is 41.5 Å². The molecule has 0 spiro atoms. The molecule has 0 saturated carbocycles. The van der Waals surface area contributed by atoms with Gasteiger partial charge in [-0.25, -0.2) is 4.98 Å². The van der Waals surface area contributed by atoms with Crippen molar-refractivity contribution in [1.82, 2.24) is 20.1 Å². The Kier molecular flexibility index (Phi) is 5.82. The minimum absolute atomic E-state index is 0.144. The van der Waals surface area contributed by atoms with E-state index in [4.69, 9.17) is 9.84 Å². The first-order valence-electron chi connectivity index (χ1n) is 8.78. The topological polar surface area (TPSA) is 74.3 Å². The number of nitrogens with one attached hydrogen (secondary N) is 1. The van der Waals surface area contributed by atoms with Gasteiger partial charge in [0.25, 0.3) is 0 Å². The third-order valence-electron chi connectivity index (χ3n) is 4.39. The van der Waals surface area contributed by atoms with Crippen molar-refractivity contribution in [2.24, 2.45) is 0 Å². The second-order valence-electron chi connectivity index (χ2n) is 6.30. The van der Waals surface area contributed by atoms with Gasteiger partial charge in [0.2, 0.25) is 0 Å². The molecule has 1 fully saturated rings. The van der Waals surface area contributed by atoms with Crippen LogP contribution in [-0.4, -0.2) is 38.3 Å². The van der Waals surface area contributed by atoms with E-state index in [0.717, 1.165) is 18.7 Å². The molecule has 24 heavy (non-hydrogen) atoms. The lowest BCUT2D eigenvalue weighted by Crippen LogP contribution is -2.29. The number of aromatic amines is 1. The molecule has 6 nitrogen and oxygen atoms in total. The molecular formula is C18H26N4O2. The Balaban J connectivity index is 1.66. The van der Waals surface area contributed by atoms with Crippen LogP contribution >= 0.6 is 0 Å². The molecule has 0 bridgehead atoms. The number of likely N-dealkylation sites (tertiary alicyclic amines) is 1. The molecule has 0 radical (unpaired) electrons. The van der Waals surface area contributed by atoms with Crippen LogP contribution in [0, 0.1) is 0 Å². The maximum absolute atomic E-state index is 9.11. The van der Waals surface area contributed by atoms with Gasteiger partial charge >= 0.3 is 0 Å². The van der Waals surface area contributed by atoms with Gasteiger partial charge in [0.15, 0.2) is 11.9 Å². The molecule has 0 aliphatic carbocycles. The highest BCUT2D eigenvalue weighted by Crippen LogP contribution is 2.24. The highest BCUT2D eigenvalue weighted by molar-refractivity contribution is 5.29. The van der Waals surface area contributed by atoms with Gasteiger partial charge in [-0.1, -0.05) is 25.5 Å². The zero-order valence-corrected chi connectivity index (χ0v) is 14.2. The summed E-state index contributed by atoms with van der Waals surface area (Å²) in [6, 6.07) is 8.27. The molecular weight excluding hydrogens is 304 g/mol. The normalized spacial score (nSPS) is 16.9. The first-order valence-corrected chi connectivity index (χ1v) is 8.78. The summed E-state index contributed by atoms with van der Waals surface area (Å²) in [6.45, 7) is 5.24. The van der Waals surface area contributed by atoms with Gasteiger partial charge in [0.1, 0.15) is 18.2 Å². The van der Waals surface area contributed by atoms with E-state index in [1.165, 1.54) is 37.9 Å². The van der Waals surface area contributed by atoms with Crippen LogP contribution in [0.15, 0.2) is 24.3 Å². The Morgan fingerprint density at radius 2 is 2.12 bits per heavy atom. The van der Waals surface area contributed by atoms with Crippen molar-refractivity contribution in [3.8, 4) is 5.75 Å². The number of ether oxygens (including phenoxy) is 1. The van der Waals surface area contributed by atoms with E-state index < -0.39 is 0 Å². The van der Waals surface area contributed by atoms with Crippen LogP contribution in [0.1, 0.15) is 55.9 Å². The van der Waals surface area contributed by atoms with Crippen LogP contribution in [0.3, 0.4) is 0 Å². The monoisotopic (exact) mass is 330 g/mol. The summed E-state index contributed by atoms with van der Waals surface area (Å²) in [4.78, 5) is 6.76. The summed E-state index contributed by atoms with van der Waals surface area (Å²) < 4.78 is 6.09. The van der Waals surface area contributed by atoms with Gasteiger partial charge in [-0.3, -0.25) is 10.00 Å². The molecule has 1 atom stereocenters. The SMILES string of the molecule is CCC(Oc1cccc(CN2CCCCC2)c1)c1n[nH]c(CO)n1. The van der Waals surface area contributed by atoms with Crippen molar-refractivity contribution in [2.45, 2.75) is 51.9 Å². The summed E-state index contributed by atoms with van der Waals surface area (Å²) in [5.74, 6) is 1.89. The van der Waals surface area contributed by atoms with Crippen molar-refractivity contribution in [3.63, 3.8) is 0 Å². The quantitative estimate of drug-likeness (QED) is 0.816. The summed E-state index contributed by atoms with van der Waals surface area (Å²) in [5.41, 5.74) is 1.27. The molecule has 1 aliphatic rings. The number of aliphatic hydroxyl groups is 1. The number of piperidine rings is 1. The van der Waals surface area contributed by atoms with Crippen molar-refractivity contribution in [2.75, 3.05) is 13.1 Å². The molecule has 1 aliphatic heterocycles. The van der Waals surface area contributed by atoms with Crippen molar-refractivity contribution < 1.29 is 9.84 Å². The summed E-state index contributed by atoms with van der Waals surface area (Å²) in [6.07, 6.45) is 4.49. The lowest BCUT2D eigenvalue weighted by atomic mass is 10.1. The van der Waals surface area contributed by atoms with Crippen LogP contribution in [0.25, 0.3) is 0 Å². The molecule has 6 heteroatoms. The summed E-state index contributed by atoms with van der Waals surface area (Å²) in [7, 11) is 0. The molecule has 1 saturated heterocycles. The number of aliphatic hydroxyl groups excluding tert-OH is 1. The fourth-order valence-electron chi connectivity index (χ4n) is 3.10. The Bertz CT molecular complexity index is 637. The smallest absolute Gasteiger partial charge is 0.191 e.